The molecule has 0 radical (unpaired) electrons. The van der Waals surface area contributed by atoms with Gasteiger partial charge in [0.15, 0.2) is 5.82 Å². The van der Waals surface area contributed by atoms with Gasteiger partial charge in [0, 0.05) is 25.2 Å². The Balaban J connectivity index is 1.54. The van der Waals surface area contributed by atoms with Crippen molar-refractivity contribution in [3.05, 3.63) is 45.6 Å². The fourth-order valence-electron chi connectivity index (χ4n) is 5.50. The normalized spacial score (nSPS) is 26.0. The van der Waals surface area contributed by atoms with Crippen molar-refractivity contribution in [3.63, 3.8) is 0 Å². The van der Waals surface area contributed by atoms with Gasteiger partial charge in [-0.1, -0.05) is 12.5 Å². The van der Waals surface area contributed by atoms with Gasteiger partial charge in [-0.2, -0.15) is 0 Å². The van der Waals surface area contributed by atoms with Crippen LogP contribution in [0.2, 0.25) is 0 Å². The summed E-state index contributed by atoms with van der Waals surface area (Å²) in [4.78, 5) is 14.7. The van der Waals surface area contributed by atoms with Crippen LogP contribution in [-0.4, -0.2) is 30.1 Å². The fourth-order valence-corrected chi connectivity index (χ4v) is 5.50. The van der Waals surface area contributed by atoms with Gasteiger partial charge in [-0.05, 0) is 75.0 Å². The predicted octanol–water partition coefficient (Wildman–Crippen LogP) is 3.98. The van der Waals surface area contributed by atoms with Crippen molar-refractivity contribution in [2.24, 2.45) is 5.92 Å². The van der Waals surface area contributed by atoms with Crippen molar-refractivity contribution >= 4 is 11.2 Å². The maximum Gasteiger partial charge on any atom is 0.255 e. The van der Waals surface area contributed by atoms with Crippen LogP contribution >= 0.6 is 0 Å². The Hall–Kier alpha value is -1.88. The zero-order valence-electron chi connectivity index (χ0n) is 16.7. The lowest BCUT2D eigenvalue weighted by molar-refractivity contribution is 0.261. The highest BCUT2D eigenvalue weighted by molar-refractivity contribution is 5.73. The molecule has 2 aromatic rings. The van der Waals surface area contributed by atoms with Gasteiger partial charge in [-0.15, -0.1) is 0 Å². The molecule has 0 bridgehead atoms. The van der Waals surface area contributed by atoms with Crippen LogP contribution in [0, 0.1) is 18.7 Å². The number of pyridine rings is 2. The van der Waals surface area contributed by atoms with Crippen molar-refractivity contribution in [1.29, 1.82) is 0 Å². The lowest BCUT2D eigenvalue weighted by Crippen LogP contribution is -2.48. The zero-order chi connectivity index (χ0) is 19.3. The molecule has 1 N–H and O–H groups in total. The Morgan fingerprint density at radius 2 is 1.96 bits per heavy atom. The summed E-state index contributed by atoms with van der Waals surface area (Å²) in [5.41, 5.74) is 3.64. The summed E-state index contributed by atoms with van der Waals surface area (Å²) in [6, 6.07) is 4.12. The van der Waals surface area contributed by atoms with E-state index in [1.165, 1.54) is 54.7 Å². The van der Waals surface area contributed by atoms with Crippen molar-refractivity contribution in [1.82, 2.24) is 9.72 Å². The second-order valence-electron chi connectivity index (χ2n) is 8.98. The molecule has 2 atom stereocenters. The summed E-state index contributed by atoms with van der Waals surface area (Å²) in [5.74, 6) is 0.829. The summed E-state index contributed by atoms with van der Waals surface area (Å²) in [7, 11) is 0. The minimum atomic E-state index is -0.266. The van der Waals surface area contributed by atoms with Crippen LogP contribution in [0.25, 0.3) is 5.52 Å². The number of aromatic nitrogens is 1. The first-order valence-corrected chi connectivity index (χ1v) is 11.0. The van der Waals surface area contributed by atoms with E-state index in [0.29, 0.717) is 23.6 Å². The molecule has 5 heteroatoms. The van der Waals surface area contributed by atoms with Crippen LogP contribution in [0.1, 0.15) is 62.0 Å². The Morgan fingerprint density at radius 1 is 1.11 bits per heavy atom. The highest BCUT2D eigenvalue weighted by Gasteiger charge is 2.32. The van der Waals surface area contributed by atoms with Crippen LogP contribution in [0.4, 0.5) is 10.1 Å². The summed E-state index contributed by atoms with van der Waals surface area (Å²) >= 11 is 0. The van der Waals surface area contributed by atoms with E-state index in [1.807, 2.05) is 13.0 Å². The number of anilines is 1. The maximum atomic E-state index is 15.2. The first-order valence-electron chi connectivity index (χ1n) is 11.0. The summed E-state index contributed by atoms with van der Waals surface area (Å²) < 4.78 is 16.8. The molecule has 28 heavy (non-hydrogen) atoms. The third-order valence-corrected chi connectivity index (χ3v) is 7.05. The molecule has 2 aromatic heterocycles. The third-order valence-electron chi connectivity index (χ3n) is 7.05. The third kappa shape index (κ3) is 3.14. The highest BCUT2D eigenvalue weighted by atomic mass is 19.1. The smallest absolute Gasteiger partial charge is 0.255 e. The maximum absolute atomic E-state index is 15.2. The minimum absolute atomic E-state index is 0.143. The molecule has 2 aliphatic heterocycles. The number of fused-ring (bicyclic) bond motifs is 1. The van der Waals surface area contributed by atoms with Gasteiger partial charge in [0.1, 0.15) is 0 Å². The monoisotopic (exact) mass is 383 g/mol. The summed E-state index contributed by atoms with van der Waals surface area (Å²) in [6.07, 6.45) is 9.87. The molecule has 0 spiro atoms. The molecule has 4 heterocycles. The van der Waals surface area contributed by atoms with Gasteiger partial charge in [0.25, 0.3) is 5.56 Å². The highest BCUT2D eigenvalue weighted by Crippen LogP contribution is 2.43. The van der Waals surface area contributed by atoms with Gasteiger partial charge >= 0.3 is 0 Å². The standard InChI is InChI=1S/C23H30FN3O/c1-15-22-18(16-7-8-16)9-10-21(28)27(22)14-19(24)23(15)26-12-4-5-17(13-26)20-6-2-3-11-25-20/h9-10,14,16-17,20,25H,2-8,11-13H2,1H3. The van der Waals surface area contributed by atoms with Gasteiger partial charge in [-0.3, -0.25) is 9.20 Å². The molecule has 5 rings (SSSR count). The topological polar surface area (TPSA) is 36.8 Å². The Bertz CT molecular complexity index is 943. The minimum Gasteiger partial charge on any atom is -0.369 e. The van der Waals surface area contributed by atoms with E-state index >= 15 is 4.39 Å². The second kappa shape index (κ2) is 7.18. The number of aryl methyl sites for hydroxylation is 1. The van der Waals surface area contributed by atoms with Crippen LogP contribution in [0.3, 0.4) is 0 Å². The molecule has 3 fully saturated rings. The van der Waals surface area contributed by atoms with E-state index in [9.17, 15) is 4.79 Å². The fraction of sp³-hybridized carbons (Fsp3) is 0.609. The van der Waals surface area contributed by atoms with E-state index in [0.717, 1.165) is 37.1 Å². The average Bonchev–Trinajstić information content (AvgIpc) is 3.55. The quantitative estimate of drug-likeness (QED) is 0.871. The first kappa shape index (κ1) is 18.2. The summed E-state index contributed by atoms with van der Waals surface area (Å²) in [5, 5.41) is 3.69. The molecule has 4 nitrogen and oxygen atoms in total. The molecular weight excluding hydrogens is 353 g/mol. The van der Waals surface area contributed by atoms with Gasteiger partial charge in [0.05, 0.1) is 17.4 Å². The van der Waals surface area contributed by atoms with Crippen molar-refractivity contribution < 1.29 is 4.39 Å². The molecule has 2 saturated heterocycles. The Kier molecular flexibility index (Phi) is 4.66. The van der Waals surface area contributed by atoms with Gasteiger partial charge in [0.2, 0.25) is 0 Å². The number of hydrogen-bond acceptors (Lipinski definition) is 3. The number of rotatable bonds is 3. The molecule has 1 saturated carbocycles. The lowest BCUT2D eigenvalue weighted by Gasteiger charge is -2.40. The van der Waals surface area contributed by atoms with E-state index in [-0.39, 0.29) is 11.4 Å². The SMILES string of the molecule is Cc1c(N2CCCC(C3CCCCN3)C2)c(F)cn2c(=O)ccc(C3CC3)c12. The van der Waals surface area contributed by atoms with E-state index in [2.05, 4.69) is 10.2 Å². The molecule has 0 amide bonds. The van der Waals surface area contributed by atoms with Crippen LogP contribution in [0.5, 0.6) is 0 Å². The molecule has 150 valence electrons. The second-order valence-corrected chi connectivity index (χ2v) is 8.98. The molecular formula is C23H30FN3O. The zero-order valence-corrected chi connectivity index (χ0v) is 16.7. The molecule has 3 aliphatic rings. The number of nitrogens with zero attached hydrogens (tertiary/aromatic N) is 2. The van der Waals surface area contributed by atoms with E-state index < -0.39 is 0 Å². The van der Waals surface area contributed by atoms with Crippen molar-refractivity contribution in [2.75, 3.05) is 24.5 Å². The van der Waals surface area contributed by atoms with Crippen molar-refractivity contribution in [3.8, 4) is 0 Å². The van der Waals surface area contributed by atoms with Crippen molar-refractivity contribution in [2.45, 2.75) is 63.8 Å². The van der Waals surface area contributed by atoms with E-state index in [1.54, 1.807) is 6.07 Å². The van der Waals surface area contributed by atoms with E-state index in [4.69, 9.17) is 0 Å². The molecule has 0 aromatic carbocycles. The first-order chi connectivity index (χ1) is 13.6. The molecule has 1 aliphatic carbocycles. The largest absolute Gasteiger partial charge is 0.369 e. The predicted molar refractivity (Wildman–Crippen MR) is 111 cm³/mol. The average molecular weight is 384 g/mol. The van der Waals surface area contributed by atoms with Crippen LogP contribution < -0.4 is 15.8 Å². The number of hydrogen-bond donors (Lipinski definition) is 1. The Labute approximate surface area is 165 Å². The lowest BCUT2D eigenvalue weighted by atomic mass is 9.85. The van der Waals surface area contributed by atoms with Crippen LogP contribution in [0.15, 0.2) is 23.1 Å². The number of piperidine rings is 2. The number of nitrogens with one attached hydrogen (secondary N) is 1. The Morgan fingerprint density at radius 3 is 2.71 bits per heavy atom. The molecule has 2 unspecified atom stereocenters. The van der Waals surface area contributed by atoms with Crippen LogP contribution in [-0.2, 0) is 0 Å². The summed E-state index contributed by atoms with van der Waals surface area (Å²) in [6.45, 7) is 4.91. The van der Waals surface area contributed by atoms with Gasteiger partial charge < -0.3 is 10.2 Å². The van der Waals surface area contributed by atoms with Gasteiger partial charge in [-0.25, -0.2) is 4.39 Å². The number of halogens is 1.